The molecule has 6 heteroatoms. The third kappa shape index (κ3) is 3.86. The maximum absolute atomic E-state index is 13.1. The Bertz CT molecular complexity index is 887. The second-order valence-corrected chi connectivity index (χ2v) is 8.07. The van der Waals surface area contributed by atoms with Gasteiger partial charge in [-0.05, 0) is 50.7 Å². The first-order valence-electron chi connectivity index (χ1n) is 10.4. The fraction of sp³-hybridized carbons (Fsp3) is 0.545. The number of pyridine rings is 1. The average molecular weight is 380 g/mol. The van der Waals surface area contributed by atoms with E-state index in [0.29, 0.717) is 34.7 Å². The van der Waals surface area contributed by atoms with Crippen molar-refractivity contribution in [3.8, 4) is 11.5 Å². The first kappa shape index (κ1) is 18.8. The van der Waals surface area contributed by atoms with E-state index in [1.54, 1.807) is 13.1 Å². The van der Waals surface area contributed by atoms with Crippen molar-refractivity contribution in [1.82, 2.24) is 19.9 Å². The highest BCUT2D eigenvalue weighted by molar-refractivity contribution is 5.79. The van der Waals surface area contributed by atoms with Gasteiger partial charge < -0.3 is 9.88 Å². The lowest BCUT2D eigenvalue weighted by atomic mass is 9.83. The molecule has 0 aromatic carbocycles. The summed E-state index contributed by atoms with van der Waals surface area (Å²) in [6.45, 7) is 2.61. The average Bonchev–Trinajstić information content (AvgIpc) is 3.22. The highest BCUT2D eigenvalue weighted by atomic mass is 16.2. The lowest BCUT2D eigenvalue weighted by Crippen LogP contribution is -2.42. The summed E-state index contributed by atoms with van der Waals surface area (Å²) < 4.78 is 0. The zero-order valence-electron chi connectivity index (χ0n) is 16.5. The molecule has 6 nitrogen and oxygen atoms in total. The van der Waals surface area contributed by atoms with E-state index in [-0.39, 0.29) is 17.9 Å². The number of carbonyl (C=O) groups is 1. The minimum atomic E-state index is -0.241. The van der Waals surface area contributed by atoms with E-state index in [0.717, 1.165) is 19.4 Å². The van der Waals surface area contributed by atoms with Crippen LogP contribution in [-0.4, -0.2) is 38.3 Å². The molecule has 0 bridgehead atoms. The predicted octanol–water partition coefficient (Wildman–Crippen LogP) is 3.25. The fourth-order valence-corrected chi connectivity index (χ4v) is 4.81. The van der Waals surface area contributed by atoms with Crippen molar-refractivity contribution in [2.75, 3.05) is 6.54 Å². The number of amides is 1. The van der Waals surface area contributed by atoms with Gasteiger partial charge in [0.1, 0.15) is 5.69 Å². The molecule has 0 unspecified atom stereocenters. The van der Waals surface area contributed by atoms with Gasteiger partial charge in [-0.1, -0.05) is 25.3 Å². The number of rotatable bonds is 4. The molecule has 1 saturated heterocycles. The summed E-state index contributed by atoms with van der Waals surface area (Å²) in [5, 5.41) is 0. The number of nitrogens with one attached hydrogen (secondary N) is 1. The van der Waals surface area contributed by atoms with Gasteiger partial charge >= 0.3 is 0 Å². The smallest absolute Gasteiger partial charge is 0.255 e. The number of nitrogens with zero attached hydrogens (tertiary/aromatic N) is 3. The molecule has 1 atom stereocenters. The predicted molar refractivity (Wildman–Crippen MR) is 108 cm³/mol. The van der Waals surface area contributed by atoms with Crippen molar-refractivity contribution in [1.29, 1.82) is 0 Å². The molecule has 28 heavy (non-hydrogen) atoms. The summed E-state index contributed by atoms with van der Waals surface area (Å²) in [6, 6.07) is 5.84. The molecule has 1 amide bonds. The van der Waals surface area contributed by atoms with E-state index in [9.17, 15) is 9.59 Å². The normalized spacial score (nSPS) is 20.5. The Kier molecular flexibility index (Phi) is 5.55. The van der Waals surface area contributed by atoms with Gasteiger partial charge in [0.2, 0.25) is 5.91 Å². The standard InChI is InChI=1S/C22H28N4O2/c1-15-17(22(28)25-21(24-15)18-10-5-6-12-23-18)14-20(27)26-13-7-11-19(26)16-8-3-2-4-9-16/h5-6,10,12,16,19H,2-4,7-9,11,13-14H2,1H3,(H,24,25,28)/t19-/m1/s1. The number of hydrogen-bond acceptors (Lipinski definition) is 4. The van der Waals surface area contributed by atoms with E-state index in [2.05, 4.69) is 15.0 Å². The van der Waals surface area contributed by atoms with E-state index in [1.165, 1.54) is 32.1 Å². The lowest BCUT2D eigenvalue weighted by Gasteiger charge is -2.34. The van der Waals surface area contributed by atoms with Crippen LogP contribution < -0.4 is 5.56 Å². The van der Waals surface area contributed by atoms with Crippen molar-refractivity contribution in [3.63, 3.8) is 0 Å². The molecular weight excluding hydrogens is 352 g/mol. The highest BCUT2D eigenvalue weighted by Gasteiger charge is 2.35. The Morgan fingerprint density at radius 3 is 2.71 bits per heavy atom. The fourth-order valence-electron chi connectivity index (χ4n) is 4.81. The largest absolute Gasteiger partial charge is 0.339 e. The molecule has 0 radical (unpaired) electrons. The second-order valence-electron chi connectivity index (χ2n) is 8.07. The molecule has 0 spiro atoms. The quantitative estimate of drug-likeness (QED) is 0.883. The van der Waals surface area contributed by atoms with Crippen LogP contribution in [-0.2, 0) is 11.2 Å². The number of H-pyrrole nitrogens is 1. The van der Waals surface area contributed by atoms with Crippen molar-refractivity contribution in [3.05, 3.63) is 46.0 Å². The molecule has 1 aliphatic heterocycles. The topological polar surface area (TPSA) is 79.0 Å². The van der Waals surface area contributed by atoms with Crippen LogP contribution in [0.1, 0.15) is 56.2 Å². The van der Waals surface area contributed by atoms with E-state index in [4.69, 9.17) is 0 Å². The third-order valence-electron chi connectivity index (χ3n) is 6.27. The molecule has 3 heterocycles. The SMILES string of the molecule is Cc1nc(-c2ccccn2)[nH]c(=O)c1CC(=O)N1CCC[C@@H]1C1CCCCC1. The molecule has 2 aromatic heterocycles. The van der Waals surface area contributed by atoms with Gasteiger partial charge in [0.15, 0.2) is 5.82 Å². The van der Waals surface area contributed by atoms with Gasteiger partial charge in [-0.25, -0.2) is 4.98 Å². The van der Waals surface area contributed by atoms with E-state index < -0.39 is 0 Å². The van der Waals surface area contributed by atoms with Crippen LogP contribution in [0.15, 0.2) is 29.2 Å². The number of carbonyl (C=O) groups excluding carboxylic acids is 1. The Morgan fingerprint density at radius 2 is 2.00 bits per heavy atom. The molecule has 2 aliphatic rings. The van der Waals surface area contributed by atoms with Crippen LogP contribution in [0.4, 0.5) is 0 Å². The molecule has 2 aromatic rings. The molecule has 2 fully saturated rings. The number of aromatic amines is 1. The first-order valence-corrected chi connectivity index (χ1v) is 10.4. The number of aryl methyl sites for hydroxylation is 1. The number of aromatic nitrogens is 3. The van der Waals surface area contributed by atoms with Crippen LogP contribution >= 0.6 is 0 Å². The van der Waals surface area contributed by atoms with Gasteiger partial charge in [0.05, 0.1) is 6.42 Å². The van der Waals surface area contributed by atoms with Gasteiger partial charge in [-0.3, -0.25) is 14.6 Å². The van der Waals surface area contributed by atoms with Crippen LogP contribution in [0.25, 0.3) is 11.5 Å². The second kappa shape index (κ2) is 8.25. The molecule has 148 valence electrons. The minimum absolute atomic E-state index is 0.0639. The number of hydrogen-bond donors (Lipinski definition) is 1. The number of likely N-dealkylation sites (tertiary alicyclic amines) is 1. The summed E-state index contributed by atoms with van der Waals surface area (Å²) in [5.41, 5.74) is 1.46. The summed E-state index contributed by atoms with van der Waals surface area (Å²) in [4.78, 5) is 39.3. The summed E-state index contributed by atoms with van der Waals surface area (Å²) >= 11 is 0. The van der Waals surface area contributed by atoms with Crippen LogP contribution in [0.3, 0.4) is 0 Å². The van der Waals surface area contributed by atoms with Crippen LogP contribution in [0.5, 0.6) is 0 Å². The first-order chi connectivity index (χ1) is 13.6. The van der Waals surface area contributed by atoms with Crippen molar-refractivity contribution in [2.24, 2.45) is 5.92 Å². The third-order valence-corrected chi connectivity index (χ3v) is 6.27. The van der Waals surface area contributed by atoms with Crippen LogP contribution in [0, 0.1) is 12.8 Å². The van der Waals surface area contributed by atoms with Crippen LogP contribution in [0.2, 0.25) is 0 Å². The Hall–Kier alpha value is -2.50. The zero-order chi connectivity index (χ0) is 19.5. The molecule has 1 aliphatic carbocycles. The molecule has 1 saturated carbocycles. The summed E-state index contributed by atoms with van der Waals surface area (Å²) in [5.74, 6) is 1.14. The maximum atomic E-state index is 13.1. The summed E-state index contributed by atoms with van der Waals surface area (Å²) in [7, 11) is 0. The van der Waals surface area contributed by atoms with Crippen molar-refractivity contribution < 1.29 is 4.79 Å². The highest BCUT2D eigenvalue weighted by Crippen LogP contribution is 2.34. The van der Waals surface area contributed by atoms with Crippen molar-refractivity contribution >= 4 is 5.91 Å². The maximum Gasteiger partial charge on any atom is 0.255 e. The minimum Gasteiger partial charge on any atom is -0.339 e. The summed E-state index contributed by atoms with van der Waals surface area (Å²) in [6.07, 6.45) is 10.3. The van der Waals surface area contributed by atoms with E-state index >= 15 is 0 Å². The van der Waals surface area contributed by atoms with E-state index in [1.807, 2.05) is 23.1 Å². The molecule has 4 rings (SSSR count). The zero-order valence-corrected chi connectivity index (χ0v) is 16.5. The van der Waals surface area contributed by atoms with Gasteiger partial charge in [-0.2, -0.15) is 0 Å². The van der Waals surface area contributed by atoms with Gasteiger partial charge in [0.25, 0.3) is 5.56 Å². The monoisotopic (exact) mass is 380 g/mol. The van der Waals surface area contributed by atoms with Gasteiger partial charge in [0, 0.05) is 30.0 Å². The Labute approximate surface area is 165 Å². The Morgan fingerprint density at radius 1 is 1.18 bits per heavy atom. The Balaban J connectivity index is 1.52. The molecule has 1 N–H and O–H groups in total. The lowest BCUT2D eigenvalue weighted by molar-refractivity contribution is -0.132. The van der Waals surface area contributed by atoms with Crippen molar-refractivity contribution in [2.45, 2.75) is 64.3 Å². The molecular formula is C22H28N4O2. The van der Waals surface area contributed by atoms with Gasteiger partial charge in [-0.15, -0.1) is 0 Å².